The Morgan fingerprint density at radius 3 is 2.60 bits per heavy atom. The molecule has 0 bridgehead atoms. The Balaban J connectivity index is 2.35. The average molecular weight is 203 g/mol. The van der Waals surface area contributed by atoms with Gasteiger partial charge < -0.3 is 5.73 Å². The SMILES string of the molecule is C/C(=C\CCc1ccccc1)CC(N)=O. The number of benzene rings is 1. The number of allylic oxidation sites excluding steroid dienone is 1. The highest BCUT2D eigenvalue weighted by atomic mass is 16.1. The molecular weight excluding hydrogens is 186 g/mol. The van der Waals surface area contributed by atoms with Crippen LogP contribution < -0.4 is 5.73 Å². The number of primary amides is 1. The highest BCUT2D eigenvalue weighted by Gasteiger charge is 1.95. The molecule has 1 rings (SSSR count). The largest absolute Gasteiger partial charge is 0.369 e. The lowest BCUT2D eigenvalue weighted by atomic mass is 10.1. The quantitative estimate of drug-likeness (QED) is 0.734. The number of hydrogen-bond acceptors (Lipinski definition) is 1. The van der Waals surface area contributed by atoms with Gasteiger partial charge in [0, 0.05) is 6.42 Å². The van der Waals surface area contributed by atoms with E-state index in [1.54, 1.807) is 0 Å². The maximum Gasteiger partial charge on any atom is 0.221 e. The molecule has 0 saturated carbocycles. The minimum Gasteiger partial charge on any atom is -0.369 e. The zero-order valence-electron chi connectivity index (χ0n) is 9.07. The Morgan fingerprint density at radius 2 is 2.00 bits per heavy atom. The number of amides is 1. The molecule has 1 amide bonds. The Bertz CT molecular complexity index is 341. The van der Waals surface area contributed by atoms with Crippen LogP contribution in [0.5, 0.6) is 0 Å². The normalized spacial score (nSPS) is 11.4. The molecule has 1 aromatic rings. The molecule has 0 atom stereocenters. The van der Waals surface area contributed by atoms with Crippen LogP contribution in [-0.2, 0) is 11.2 Å². The second kappa shape index (κ2) is 6.02. The van der Waals surface area contributed by atoms with Crippen LogP contribution in [0, 0.1) is 0 Å². The van der Waals surface area contributed by atoms with Crippen molar-refractivity contribution in [2.45, 2.75) is 26.2 Å². The minimum atomic E-state index is -0.261. The van der Waals surface area contributed by atoms with Crippen molar-refractivity contribution in [3.8, 4) is 0 Å². The van der Waals surface area contributed by atoms with Gasteiger partial charge in [0.1, 0.15) is 0 Å². The van der Waals surface area contributed by atoms with Gasteiger partial charge in [-0.2, -0.15) is 0 Å². The zero-order valence-corrected chi connectivity index (χ0v) is 9.07. The minimum absolute atomic E-state index is 0.261. The van der Waals surface area contributed by atoms with E-state index in [1.165, 1.54) is 5.56 Å². The summed E-state index contributed by atoms with van der Waals surface area (Å²) in [5, 5.41) is 0. The molecule has 0 aliphatic heterocycles. The van der Waals surface area contributed by atoms with Gasteiger partial charge in [0.05, 0.1) is 0 Å². The number of carbonyl (C=O) groups is 1. The first-order chi connectivity index (χ1) is 7.18. The van der Waals surface area contributed by atoms with E-state index in [1.807, 2.05) is 25.1 Å². The van der Waals surface area contributed by atoms with E-state index in [4.69, 9.17) is 5.73 Å². The van der Waals surface area contributed by atoms with Crippen LogP contribution in [0.4, 0.5) is 0 Å². The first-order valence-electron chi connectivity index (χ1n) is 5.16. The van der Waals surface area contributed by atoms with Crippen molar-refractivity contribution in [3.63, 3.8) is 0 Å². The molecule has 0 unspecified atom stereocenters. The second-order valence-electron chi connectivity index (χ2n) is 3.72. The summed E-state index contributed by atoms with van der Waals surface area (Å²) >= 11 is 0. The topological polar surface area (TPSA) is 43.1 Å². The third-order valence-corrected chi connectivity index (χ3v) is 2.22. The van der Waals surface area contributed by atoms with Crippen LogP contribution in [0.2, 0.25) is 0 Å². The zero-order chi connectivity index (χ0) is 11.1. The lowest BCUT2D eigenvalue weighted by Gasteiger charge is -1.99. The molecule has 0 saturated heterocycles. The van der Waals surface area contributed by atoms with E-state index in [2.05, 4.69) is 18.2 Å². The van der Waals surface area contributed by atoms with Gasteiger partial charge in [0.2, 0.25) is 5.91 Å². The molecule has 0 radical (unpaired) electrons. The highest BCUT2D eigenvalue weighted by molar-refractivity contribution is 5.76. The van der Waals surface area contributed by atoms with Crippen molar-refractivity contribution in [2.75, 3.05) is 0 Å². The van der Waals surface area contributed by atoms with Crippen molar-refractivity contribution in [1.29, 1.82) is 0 Å². The molecule has 2 nitrogen and oxygen atoms in total. The van der Waals surface area contributed by atoms with E-state index in [-0.39, 0.29) is 5.91 Å². The Kier molecular flexibility index (Phi) is 4.61. The van der Waals surface area contributed by atoms with Crippen molar-refractivity contribution < 1.29 is 4.79 Å². The summed E-state index contributed by atoms with van der Waals surface area (Å²) in [4.78, 5) is 10.6. The van der Waals surface area contributed by atoms with Gasteiger partial charge in [-0.25, -0.2) is 0 Å². The first-order valence-corrected chi connectivity index (χ1v) is 5.16. The molecule has 0 aliphatic carbocycles. The third-order valence-electron chi connectivity index (χ3n) is 2.22. The predicted molar refractivity (Wildman–Crippen MR) is 62.3 cm³/mol. The highest BCUT2D eigenvalue weighted by Crippen LogP contribution is 2.06. The van der Waals surface area contributed by atoms with E-state index in [9.17, 15) is 4.79 Å². The summed E-state index contributed by atoms with van der Waals surface area (Å²) in [6.07, 6.45) is 4.42. The van der Waals surface area contributed by atoms with Crippen molar-refractivity contribution in [3.05, 3.63) is 47.5 Å². The first kappa shape index (κ1) is 11.5. The van der Waals surface area contributed by atoms with Gasteiger partial charge in [-0.15, -0.1) is 0 Å². The summed E-state index contributed by atoms with van der Waals surface area (Å²) in [5.74, 6) is -0.261. The van der Waals surface area contributed by atoms with E-state index in [0.29, 0.717) is 6.42 Å². The van der Waals surface area contributed by atoms with Gasteiger partial charge in [-0.3, -0.25) is 4.79 Å². The second-order valence-corrected chi connectivity index (χ2v) is 3.72. The van der Waals surface area contributed by atoms with Crippen LogP contribution in [-0.4, -0.2) is 5.91 Å². The van der Waals surface area contributed by atoms with Gasteiger partial charge in [-0.1, -0.05) is 42.0 Å². The average Bonchev–Trinajstić information content (AvgIpc) is 2.18. The van der Waals surface area contributed by atoms with Gasteiger partial charge in [-0.05, 0) is 25.3 Å². The summed E-state index contributed by atoms with van der Waals surface area (Å²) in [7, 11) is 0. The Hall–Kier alpha value is -1.57. The van der Waals surface area contributed by atoms with Crippen LogP contribution in [0.15, 0.2) is 42.0 Å². The van der Waals surface area contributed by atoms with E-state index >= 15 is 0 Å². The molecule has 0 aliphatic rings. The summed E-state index contributed by atoms with van der Waals surface area (Å²) in [6.45, 7) is 1.94. The molecule has 1 aromatic carbocycles. The van der Waals surface area contributed by atoms with Crippen LogP contribution in [0.1, 0.15) is 25.3 Å². The van der Waals surface area contributed by atoms with Crippen LogP contribution in [0.3, 0.4) is 0 Å². The number of rotatable bonds is 5. The lowest BCUT2D eigenvalue weighted by Crippen LogP contribution is -2.10. The summed E-state index contributed by atoms with van der Waals surface area (Å²) in [5.41, 5.74) is 7.47. The van der Waals surface area contributed by atoms with E-state index in [0.717, 1.165) is 18.4 Å². The molecular formula is C13H17NO. The molecule has 0 spiro atoms. The maximum atomic E-state index is 10.6. The monoisotopic (exact) mass is 203 g/mol. The third kappa shape index (κ3) is 5.01. The molecule has 15 heavy (non-hydrogen) atoms. The number of nitrogens with two attached hydrogens (primary N) is 1. The molecule has 80 valence electrons. The van der Waals surface area contributed by atoms with Gasteiger partial charge >= 0.3 is 0 Å². The Morgan fingerprint density at radius 1 is 1.33 bits per heavy atom. The van der Waals surface area contributed by atoms with Crippen molar-refractivity contribution >= 4 is 5.91 Å². The number of hydrogen-bond donors (Lipinski definition) is 1. The lowest BCUT2D eigenvalue weighted by molar-refractivity contribution is -0.117. The Labute approximate surface area is 90.8 Å². The van der Waals surface area contributed by atoms with Crippen molar-refractivity contribution in [2.24, 2.45) is 5.73 Å². The van der Waals surface area contributed by atoms with Gasteiger partial charge in [0.15, 0.2) is 0 Å². The van der Waals surface area contributed by atoms with Gasteiger partial charge in [0.25, 0.3) is 0 Å². The number of aryl methyl sites for hydroxylation is 1. The molecule has 2 heteroatoms. The van der Waals surface area contributed by atoms with Crippen molar-refractivity contribution in [1.82, 2.24) is 0 Å². The number of carbonyl (C=O) groups excluding carboxylic acids is 1. The molecule has 0 fully saturated rings. The fourth-order valence-corrected chi connectivity index (χ4v) is 1.48. The fourth-order valence-electron chi connectivity index (χ4n) is 1.48. The molecule has 2 N–H and O–H groups in total. The molecule has 0 aromatic heterocycles. The smallest absolute Gasteiger partial charge is 0.221 e. The predicted octanol–water partition coefficient (Wildman–Crippen LogP) is 2.44. The summed E-state index contributed by atoms with van der Waals surface area (Å²) < 4.78 is 0. The molecule has 0 heterocycles. The van der Waals surface area contributed by atoms with E-state index < -0.39 is 0 Å². The standard InChI is InChI=1S/C13H17NO/c1-11(10-13(14)15)6-5-9-12-7-3-2-4-8-12/h2-4,6-8H,5,9-10H2,1H3,(H2,14,15)/b11-6+. The fraction of sp³-hybridized carbons (Fsp3) is 0.308. The van der Waals surface area contributed by atoms with Crippen LogP contribution in [0.25, 0.3) is 0 Å². The maximum absolute atomic E-state index is 10.6. The van der Waals surface area contributed by atoms with Crippen LogP contribution >= 0.6 is 0 Å². The summed E-state index contributed by atoms with van der Waals surface area (Å²) in [6, 6.07) is 10.3.